The quantitative estimate of drug-likeness (QED) is 0.750. The minimum absolute atomic E-state index is 0.0506. The average Bonchev–Trinajstić information content (AvgIpc) is 2.78. The van der Waals surface area contributed by atoms with Crippen molar-refractivity contribution in [2.24, 2.45) is 0 Å². The maximum atomic E-state index is 11.9. The van der Waals surface area contributed by atoms with Gasteiger partial charge in [-0.3, -0.25) is 4.79 Å². The summed E-state index contributed by atoms with van der Waals surface area (Å²) in [6.07, 6.45) is 0.403. The molecule has 120 valence electrons. The van der Waals surface area contributed by atoms with Gasteiger partial charge in [-0.05, 0) is 25.5 Å². The first-order valence-electron chi connectivity index (χ1n) is 6.99. The van der Waals surface area contributed by atoms with Gasteiger partial charge in [-0.2, -0.15) is 0 Å². The Morgan fingerprint density at radius 1 is 1.23 bits per heavy atom. The molecule has 0 spiro atoms. The molecule has 0 aliphatic carbocycles. The second kappa shape index (κ2) is 6.78. The van der Waals surface area contributed by atoms with Crippen molar-refractivity contribution in [1.29, 1.82) is 0 Å². The second-order valence-corrected chi connectivity index (χ2v) is 7.52. The van der Waals surface area contributed by atoms with Crippen LogP contribution in [-0.4, -0.2) is 43.9 Å². The Kier molecular flexibility index (Phi) is 5.02. The summed E-state index contributed by atoms with van der Waals surface area (Å²) >= 11 is 0. The molecule has 2 atom stereocenters. The molecule has 1 aliphatic rings. The van der Waals surface area contributed by atoms with Gasteiger partial charge in [0.2, 0.25) is 5.91 Å². The number of para-hydroxylation sites is 1. The molecule has 22 heavy (non-hydrogen) atoms. The van der Waals surface area contributed by atoms with Gasteiger partial charge in [-0.15, -0.1) is 0 Å². The molecule has 1 fully saturated rings. The van der Waals surface area contributed by atoms with Crippen LogP contribution in [0.15, 0.2) is 30.3 Å². The van der Waals surface area contributed by atoms with Crippen molar-refractivity contribution in [2.75, 3.05) is 16.8 Å². The predicted octanol–water partition coefficient (Wildman–Crippen LogP) is 0.500. The Morgan fingerprint density at radius 3 is 2.50 bits per heavy atom. The first-order valence-corrected chi connectivity index (χ1v) is 8.81. The summed E-state index contributed by atoms with van der Waals surface area (Å²) in [6.45, 7) is 1.56. The molecule has 1 aromatic rings. The summed E-state index contributed by atoms with van der Waals surface area (Å²) in [5.74, 6) is -0.312. The zero-order valence-corrected chi connectivity index (χ0v) is 13.0. The average molecular weight is 325 g/mol. The van der Waals surface area contributed by atoms with Crippen LogP contribution in [0.2, 0.25) is 0 Å². The van der Waals surface area contributed by atoms with Crippen molar-refractivity contribution in [3.8, 4) is 0 Å². The van der Waals surface area contributed by atoms with Crippen LogP contribution in [-0.2, 0) is 14.6 Å². The predicted molar refractivity (Wildman–Crippen MR) is 83.3 cm³/mol. The number of carbonyl (C=O) groups is 2. The van der Waals surface area contributed by atoms with Gasteiger partial charge in [0.1, 0.15) is 6.04 Å². The number of benzene rings is 1. The molecule has 7 nitrogen and oxygen atoms in total. The molecule has 3 N–H and O–H groups in total. The lowest BCUT2D eigenvalue weighted by atomic mass is 10.2. The van der Waals surface area contributed by atoms with Crippen molar-refractivity contribution in [3.05, 3.63) is 30.3 Å². The molecule has 0 saturated carbocycles. The van der Waals surface area contributed by atoms with E-state index in [9.17, 15) is 18.0 Å². The van der Waals surface area contributed by atoms with E-state index in [1.165, 1.54) is 0 Å². The molecular formula is C14H19N3O4S. The minimum atomic E-state index is -3.05. The molecule has 1 unspecified atom stereocenters. The van der Waals surface area contributed by atoms with Gasteiger partial charge in [0.15, 0.2) is 9.84 Å². The van der Waals surface area contributed by atoms with Gasteiger partial charge in [-0.1, -0.05) is 18.2 Å². The molecular weight excluding hydrogens is 306 g/mol. The summed E-state index contributed by atoms with van der Waals surface area (Å²) in [6, 6.07) is 7.23. The summed E-state index contributed by atoms with van der Waals surface area (Å²) in [7, 11) is -3.05. The molecule has 1 aromatic carbocycles. The molecule has 0 aromatic heterocycles. The summed E-state index contributed by atoms with van der Waals surface area (Å²) < 4.78 is 22.6. The van der Waals surface area contributed by atoms with Crippen LogP contribution in [0, 0.1) is 0 Å². The Bertz CT molecular complexity index is 645. The lowest BCUT2D eigenvalue weighted by molar-refractivity contribution is -0.117. The molecule has 1 aliphatic heterocycles. The SMILES string of the molecule is C[C@H](NC(=O)NC1CCS(=O)(=O)C1)C(=O)Nc1ccccc1. The molecule has 3 amide bonds. The first-order chi connectivity index (χ1) is 10.4. The van der Waals surface area contributed by atoms with E-state index in [-0.39, 0.29) is 17.4 Å². The second-order valence-electron chi connectivity index (χ2n) is 5.29. The summed E-state index contributed by atoms with van der Waals surface area (Å²) in [4.78, 5) is 23.7. The van der Waals surface area contributed by atoms with Gasteiger partial charge in [0.25, 0.3) is 0 Å². The fourth-order valence-corrected chi connectivity index (χ4v) is 3.84. The highest BCUT2D eigenvalue weighted by Crippen LogP contribution is 2.11. The zero-order chi connectivity index (χ0) is 16.2. The largest absolute Gasteiger partial charge is 0.334 e. The van der Waals surface area contributed by atoms with E-state index in [0.29, 0.717) is 12.1 Å². The van der Waals surface area contributed by atoms with E-state index in [0.717, 1.165) is 0 Å². The van der Waals surface area contributed by atoms with E-state index >= 15 is 0 Å². The van der Waals surface area contributed by atoms with Crippen LogP contribution in [0.5, 0.6) is 0 Å². The van der Waals surface area contributed by atoms with Crippen LogP contribution in [0.1, 0.15) is 13.3 Å². The number of hydrogen-bond donors (Lipinski definition) is 3. The zero-order valence-electron chi connectivity index (χ0n) is 12.2. The summed E-state index contributed by atoms with van der Waals surface area (Å²) in [5, 5.41) is 7.75. The van der Waals surface area contributed by atoms with Crippen molar-refractivity contribution in [3.63, 3.8) is 0 Å². The standard InChI is InChI=1S/C14H19N3O4S/c1-10(13(18)16-11-5-3-2-4-6-11)15-14(19)17-12-7-8-22(20,21)9-12/h2-6,10,12H,7-9H2,1H3,(H,16,18)(H2,15,17,19)/t10-,12?/m0/s1. The molecule has 1 saturated heterocycles. The number of urea groups is 1. The van der Waals surface area contributed by atoms with Crippen LogP contribution in [0.25, 0.3) is 0 Å². The van der Waals surface area contributed by atoms with Crippen molar-refractivity contribution in [2.45, 2.75) is 25.4 Å². The number of rotatable bonds is 4. The van der Waals surface area contributed by atoms with Crippen LogP contribution >= 0.6 is 0 Å². The van der Waals surface area contributed by atoms with Crippen molar-refractivity contribution >= 4 is 27.5 Å². The fraction of sp³-hybridized carbons (Fsp3) is 0.429. The van der Waals surface area contributed by atoms with Crippen LogP contribution in [0.4, 0.5) is 10.5 Å². The van der Waals surface area contributed by atoms with Crippen LogP contribution in [0.3, 0.4) is 0 Å². The molecule has 2 rings (SSSR count). The Labute approximate surface area is 129 Å². The van der Waals surface area contributed by atoms with E-state index in [4.69, 9.17) is 0 Å². The van der Waals surface area contributed by atoms with Crippen molar-refractivity contribution in [1.82, 2.24) is 10.6 Å². The van der Waals surface area contributed by atoms with Gasteiger partial charge in [0.05, 0.1) is 11.5 Å². The smallest absolute Gasteiger partial charge is 0.315 e. The normalized spacial score (nSPS) is 20.9. The van der Waals surface area contributed by atoms with E-state index in [2.05, 4.69) is 16.0 Å². The topological polar surface area (TPSA) is 104 Å². The van der Waals surface area contributed by atoms with Crippen LogP contribution < -0.4 is 16.0 Å². The Balaban J connectivity index is 1.80. The summed E-state index contributed by atoms with van der Waals surface area (Å²) in [5.41, 5.74) is 0.642. The maximum Gasteiger partial charge on any atom is 0.315 e. The number of amides is 3. The van der Waals surface area contributed by atoms with Gasteiger partial charge < -0.3 is 16.0 Å². The highest BCUT2D eigenvalue weighted by molar-refractivity contribution is 7.91. The highest BCUT2D eigenvalue weighted by atomic mass is 32.2. The minimum Gasteiger partial charge on any atom is -0.334 e. The molecule has 8 heteroatoms. The number of hydrogen-bond acceptors (Lipinski definition) is 4. The lowest BCUT2D eigenvalue weighted by Gasteiger charge is -2.17. The van der Waals surface area contributed by atoms with E-state index in [1.807, 2.05) is 6.07 Å². The highest BCUT2D eigenvalue weighted by Gasteiger charge is 2.29. The molecule has 1 heterocycles. The van der Waals surface area contributed by atoms with Gasteiger partial charge >= 0.3 is 6.03 Å². The van der Waals surface area contributed by atoms with Crippen molar-refractivity contribution < 1.29 is 18.0 Å². The van der Waals surface area contributed by atoms with E-state index in [1.54, 1.807) is 31.2 Å². The number of carbonyl (C=O) groups excluding carboxylic acids is 2. The Hall–Kier alpha value is -2.09. The third-order valence-corrected chi connectivity index (χ3v) is 5.12. The first kappa shape index (κ1) is 16.3. The third kappa shape index (κ3) is 4.73. The lowest BCUT2D eigenvalue weighted by Crippen LogP contribution is -2.49. The number of anilines is 1. The van der Waals surface area contributed by atoms with Gasteiger partial charge in [0, 0.05) is 11.7 Å². The Morgan fingerprint density at radius 2 is 1.91 bits per heavy atom. The van der Waals surface area contributed by atoms with E-state index < -0.39 is 28.0 Å². The number of nitrogens with one attached hydrogen (secondary N) is 3. The molecule has 0 radical (unpaired) electrons. The van der Waals surface area contributed by atoms with Gasteiger partial charge in [-0.25, -0.2) is 13.2 Å². The third-order valence-electron chi connectivity index (χ3n) is 3.35. The maximum absolute atomic E-state index is 11.9. The molecule has 0 bridgehead atoms. The number of sulfone groups is 1. The monoisotopic (exact) mass is 325 g/mol. The fourth-order valence-electron chi connectivity index (χ4n) is 2.17.